The molecular formula is C22H23N3O7S. The van der Waals surface area contributed by atoms with Crippen LogP contribution in [0.2, 0.25) is 0 Å². The number of likely N-dealkylation sites (tertiary alicyclic amines) is 1. The highest BCUT2D eigenvalue weighted by molar-refractivity contribution is 7.10. The monoisotopic (exact) mass is 473 g/mol. The van der Waals surface area contributed by atoms with E-state index in [-0.39, 0.29) is 29.7 Å². The van der Waals surface area contributed by atoms with E-state index in [9.17, 15) is 24.0 Å². The average molecular weight is 474 g/mol. The molecule has 1 aliphatic carbocycles. The van der Waals surface area contributed by atoms with Crippen LogP contribution >= 0.6 is 11.3 Å². The van der Waals surface area contributed by atoms with Gasteiger partial charge in [-0.05, 0) is 31.2 Å². The number of fused-ring (bicyclic) bond motifs is 1. The molecule has 174 valence electrons. The molecule has 4 amide bonds. The fraction of sp³-hybridized carbons (Fsp3) is 0.409. The first-order valence-corrected chi connectivity index (χ1v) is 11.5. The normalized spacial score (nSPS) is 24.3. The largest absolute Gasteiger partial charge is 0.463 e. The van der Waals surface area contributed by atoms with Crippen LogP contribution in [0.4, 0.5) is 4.79 Å². The molecule has 0 aromatic carbocycles. The smallest absolute Gasteiger partial charge is 0.338 e. The van der Waals surface area contributed by atoms with Gasteiger partial charge in [-0.2, -0.15) is 0 Å². The van der Waals surface area contributed by atoms with E-state index in [1.807, 2.05) is 17.5 Å². The molecule has 0 spiro atoms. The van der Waals surface area contributed by atoms with Crippen molar-refractivity contribution in [3.63, 3.8) is 0 Å². The maximum Gasteiger partial charge on any atom is 0.338 e. The van der Waals surface area contributed by atoms with Crippen molar-refractivity contribution < 1.29 is 33.4 Å². The molecular weight excluding hydrogens is 450 g/mol. The lowest BCUT2D eigenvalue weighted by molar-refractivity contribution is -0.152. The molecule has 1 aromatic rings. The maximum absolute atomic E-state index is 12.7. The number of carbonyl (C=O) groups excluding carboxylic acids is 5. The number of nitrogens with zero attached hydrogens (tertiary/aromatic N) is 1. The molecule has 10 nitrogen and oxygen atoms in total. The summed E-state index contributed by atoms with van der Waals surface area (Å²) < 4.78 is 10.4. The molecule has 2 N–H and O–H groups in total. The second kappa shape index (κ2) is 9.57. The Morgan fingerprint density at radius 1 is 1.12 bits per heavy atom. The van der Waals surface area contributed by atoms with E-state index < -0.39 is 49.0 Å². The molecule has 1 fully saturated rings. The predicted molar refractivity (Wildman–Crippen MR) is 115 cm³/mol. The Labute approximate surface area is 193 Å². The molecule has 0 unspecified atom stereocenters. The summed E-state index contributed by atoms with van der Waals surface area (Å²) in [4.78, 5) is 64.1. The number of urea groups is 1. The minimum absolute atomic E-state index is 0.0842. The summed E-state index contributed by atoms with van der Waals surface area (Å²) in [5.74, 6) is -3.13. The summed E-state index contributed by atoms with van der Waals surface area (Å²) in [6, 6.07) is 2.23. The number of hydrogen-bond donors (Lipinski definition) is 2. The van der Waals surface area contributed by atoms with Gasteiger partial charge in [0.05, 0.1) is 35.8 Å². The first-order valence-electron chi connectivity index (χ1n) is 10.6. The van der Waals surface area contributed by atoms with Gasteiger partial charge in [0.1, 0.15) is 13.2 Å². The van der Waals surface area contributed by atoms with Gasteiger partial charge in [-0.1, -0.05) is 18.2 Å². The first-order chi connectivity index (χ1) is 15.9. The maximum atomic E-state index is 12.7. The van der Waals surface area contributed by atoms with Crippen molar-refractivity contribution >= 4 is 41.1 Å². The van der Waals surface area contributed by atoms with Crippen LogP contribution in [0.15, 0.2) is 40.9 Å². The highest BCUT2D eigenvalue weighted by atomic mass is 32.1. The Hall–Kier alpha value is -3.47. The van der Waals surface area contributed by atoms with Crippen LogP contribution < -0.4 is 10.6 Å². The molecule has 3 atom stereocenters. The van der Waals surface area contributed by atoms with Crippen LogP contribution in [0.3, 0.4) is 0 Å². The van der Waals surface area contributed by atoms with Gasteiger partial charge in [-0.15, -0.1) is 11.3 Å². The summed E-state index contributed by atoms with van der Waals surface area (Å²) in [6.07, 6.45) is 4.67. The van der Waals surface area contributed by atoms with Gasteiger partial charge in [0.25, 0.3) is 0 Å². The fourth-order valence-corrected chi connectivity index (χ4v) is 4.99. The Morgan fingerprint density at radius 2 is 1.82 bits per heavy atom. The highest BCUT2D eigenvalue weighted by Crippen LogP contribution is 2.35. The summed E-state index contributed by atoms with van der Waals surface area (Å²) in [6.45, 7) is 0.835. The zero-order valence-corrected chi connectivity index (χ0v) is 18.7. The number of esters is 2. The summed E-state index contributed by atoms with van der Waals surface area (Å²) in [7, 11) is 0. The number of allylic oxidation sites excluding steroid dienone is 2. The van der Waals surface area contributed by atoms with Crippen LogP contribution in [0.5, 0.6) is 0 Å². The predicted octanol–water partition coefficient (Wildman–Crippen LogP) is 1.41. The molecule has 4 rings (SSSR count). The molecule has 1 saturated heterocycles. The molecule has 3 heterocycles. The SMILES string of the molecule is CCOC(=O)C1=C(COC(=O)CN2C(=O)[C@@H]3CC=CC[C@H]3C2=O)NC(=O)N[C@H]1c1cccs1. The Bertz CT molecular complexity index is 1020. The molecule has 1 aromatic heterocycles. The van der Waals surface area contributed by atoms with Gasteiger partial charge < -0.3 is 20.1 Å². The van der Waals surface area contributed by atoms with Crippen molar-refractivity contribution in [2.45, 2.75) is 25.8 Å². The zero-order valence-electron chi connectivity index (χ0n) is 17.9. The van der Waals surface area contributed by atoms with Gasteiger partial charge in [0.15, 0.2) is 0 Å². The van der Waals surface area contributed by atoms with Crippen molar-refractivity contribution in [2.75, 3.05) is 19.8 Å². The second-order valence-electron chi connectivity index (χ2n) is 7.74. The number of ether oxygens (including phenoxy) is 2. The second-order valence-corrected chi connectivity index (χ2v) is 8.72. The lowest BCUT2D eigenvalue weighted by atomic mass is 9.85. The van der Waals surface area contributed by atoms with E-state index in [1.54, 1.807) is 19.1 Å². The fourth-order valence-electron chi connectivity index (χ4n) is 4.20. The lowest BCUT2D eigenvalue weighted by Gasteiger charge is -2.28. The molecule has 3 aliphatic rings. The minimum atomic E-state index is -0.820. The molecule has 0 bridgehead atoms. The number of carbonyl (C=O) groups is 5. The number of nitrogens with one attached hydrogen (secondary N) is 2. The molecule has 0 saturated carbocycles. The molecule has 2 aliphatic heterocycles. The van der Waals surface area contributed by atoms with Crippen LogP contribution in [0.1, 0.15) is 30.7 Å². The standard InChI is InChI=1S/C22H23N3O7S/c1-2-31-21(29)17-14(23-22(30)24-18(17)15-8-5-9-33-15)11-32-16(26)10-25-19(27)12-6-3-4-7-13(12)20(25)28/h3-5,8-9,12-13,18H,2,6-7,10-11H2,1H3,(H2,23,24,30)/t12-,13-,18+/m1/s1. The number of rotatable bonds is 7. The van der Waals surface area contributed by atoms with Crippen LogP contribution in [0.25, 0.3) is 0 Å². The van der Waals surface area contributed by atoms with E-state index in [1.165, 1.54) is 11.3 Å². The number of imide groups is 1. The summed E-state index contributed by atoms with van der Waals surface area (Å²) in [5, 5.41) is 7.00. The van der Waals surface area contributed by atoms with E-state index >= 15 is 0 Å². The Kier molecular flexibility index (Phi) is 6.59. The van der Waals surface area contributed by atoms with E-state index in [0.717, 1.165) is 4.90 Å². The average Bonchev–Trinajstić information content (AvgIpc) is 3.41. The third-order valence-corrected chi connectivity index (χ3v) is 6.68. The third-order valence-electron chi connectivity index (χ3n) is 5.74. The highest BCUT2D eigenvalue weighted by Gasteiger charge is 2.48. The van der Waals surface area contributed by atoms with E-state index in [2.05, 4.69) is 10.6 Å². The topological polar surface area (TPSA) is 131 Å². The van der Waals surface area contributed by atoms with Crippen LogP contribution in [-0.4, -0.2) is 54.4 Å². The molecule has 33 heavy (non-hydrogen) atoms. The quantitative estimate of drug-likeness (QED) is 0.348. The van der Waals surface area contributed by atoms with Crippen molar-refractivity contribution in [1.82, 2.24) is 15.5 Å². The summed E-state index contributed by atoms with van der Waals surface area (Å²) in [5.41, 5.74) is 0.206. The van der Waals surface area contributed by atoms with Crippen molar-refractivity contribution in [3.05, 3.63) is 45.8 Å². The number of amides is 4. The zero-order chi connectivity index (χ0) is 23.5. The van der Waals surface area contributed by atoms with Crippen molar-refractivity contribution in [3.8, 4) is 0 Å². The van der Waals surface area contributed by atoms with Crippen LogP contribution in [0, 0.1) is 11.8 Å². The Morgan fingerprint density at radius 3 is 2.42 bits per heavy atom. The Balaban J connectivity index is 1.49. The molecule has 0 radical (unpaired) electrons. The van der Waals surface area contributed by atoms with E-state index in [4.69, 9.17) is 9.47 Å². The van der Waals surface area contributed by atoms with Gasteiger partial charge in [-0.3, -0.25) is 19.3 Å². The van der Waals surface area contributed by atoms with Gasteiger partial charge in [0, 0.05) is 4.88 Å². The van der Waals surface area contributed by atoms with Gasteiger partial charge in [0.2, 0.25) is 11.8 Å². The minimum Gasteiger partial charge on any atom is -0.463 e. The molecule has 11 heteroatoms. The number of hydrogen-bond acceptors (Lipinski definition) is 8. The third kappa shape index (κ3) is 4.54. The van der Waals surface area contributed by atoms with Gasteiger partial charge >= 0.3 is 18.0 Å². The summed E-state index contributed by atoms with van der Waals surface area (Å²) >= 11 is 1.35. The lowest BCUT2D eigenvalue weighted by Crippen LogP contribution is -2.47. The van der Waals surface area contributed by atoms with E-state index in [0.29, 0.717) is 17.7 Å². The first kappa shape index (κ1) is 22.7. The van der Waals surface area contributed by atoms with Crippen LogP contribution in [-0.2, 0) is 28.7 Å². The van der Waals surface area contributed by atoms with Crippen molar-refractivity contribution in [1.29, 1.82) is 0 Å². The van der Waals surface area contributed by atoms with Gasteiger partial charge in [-0.25, -0.2) is 9.59 Å². The number of thiophene rings is 1. The van der Waals surface area contributed by atoms with Crippen molar-refractivity contribution in [2.24, 2.45) is 11.8 Å².